The Morgan fingerprint density at radius 3 is 2.65 bits per heavy atom. The number of pyridine rings is 1. The highest BCUT2D eigenvalue weighted by Crippen LogP contribution is 2.25. The van der Waals surface area contributed by atoms with E-state index in [0.29, 0.717) is 5.52 Å². The van der Waals surface area contributed by atoms with Gasteiger partial charge in [0.25, 0.3) is 0 Å². The van der Waals surface area contributed by atoms with Crippen LogP contribution in [0.15, 0.2) is 24.3 Å². The first-order chi connectivity index (χ1) is 9.39. The van der Waals surface area contributed by atoms with Gasteiger partial charge in [-0.2, -0.15) is 13.2 Å². The Kier molecular flexibility index (Phi) is 4.01. The van der Waals surface area contributed by atoms with Crippen molar-refractivity contribution in [1.29, 1.82) is 0 Å². The van der Waals surface area contributed by atoms with Gasteiger partial charge in [0.05, 0.1) is 5.52 Å². The summed E-state index contributed by atoms with van der Waals surface area (Å²) in [5.41, 5.74) is 1.65. The molecule has 0 aliphatic heterocycles. The molecule has 1 aromatic carbocycles. The van der Waals surface area contributed by atoms with Gasteiger partial charge in [-0.1, -0.05) is 0 Å². The molecule has 0 bridgehead atoms. The molecule has 1 N–H and O–H groups in total. The zero-order valence-electron chi connectivity index (χ0n) is 11.2. The Balaban J connectivity index is 2.28. The molecule has 0 amide bonds. The highest BCUT2D eigenvalue weighted by Gasteiger charge is 2.28. The number of alkyl halides is 3. The minimum Gasteiger partial charge on any atom is -0.484 e. The Labute approximate surface area is 114 Å². The molecule has 0 aliphatic rings. The first-order valence-corrected chi connectivity index (χ1v) is 6.24. The van der Waals surface area contributed by atoms with Gasteiger partial charge < -0.3 is 10.1 Å². The number of hydrogen-bond donors (Lipinski definition) is 1. The largest absolute Gasteiger partial charge is 0.484 e. The van der Waals surface area contributed by atoms with Crippen molar-refractivity contribution in [3.8, 4) is 5.75 Å². The molecule has 0 saturated heterocycles. The van der Waals surface area contributed by atoms with Crippen LogP contribution in [0.1, 0.15) is 12.5 Å². The fourth-order valence-electron chi connectivity index (χ4n) is 1.86. The predicted molar refractivity (Wildman–Crippen MR) is 72.2 cm³/mol. The molecule has 0 radical (unpaired) electrons. The van der Waals surface area contributed by atoms with E-state index in [1.54, 1.807) is 12.1 Å². The third-order valence-electron chi connectivity index (χ3n) is 2.72. The summed E-state index contributed by atoms with van der Waals surface area (Å²) in [5.74, 6) is 0.969. The van der Waals surface area contributed by atoms with Crippen LogP contribution in [0.3, 0.4) is 0 Å². The van der Waals surface area contributed by atoms with Crippen molar-refractivity contribution in [3.63, 3.8) is 0 Å². The van der Waals surface area contributed by atoms with Crippen molar-refractivity contribution in [2.24, 2.45) is 0 Å². The molecule has 1 heterocycles. The number of aryl methyl sites for hydroxylation is 1. The molecule has 2 rings (SSSR count). The number of benzene rings is 1. The Bertz CT molecular complexity index is 611. The molecule has 108 valence electrons. The van der Waals surface area contributed by atoms with Crippen LogP contribution in [0.4, 0.5) is 19.0 Å². The van der Waals surface area contributed by atoms with Gasteiger partial charge in [0.15, 0.2) is 6.61 Å². The molecule has 6 heteroatoms. The summed E-state index contributed by atoms with van der Waals surface area (Å²) in [4.78, 5) is 4.43. The molecule has 2 aromatic rings. The van der Waals surface area contributed by atoms with Gasteiger partial charge in [-0.05, 0) is 43.7 Å². The van der Waals surface area contributed by atoms with Gasteiger partial charge in [-0.3, -0.25) is 0 Å². The van der Waals surface area contributed by atoms with Crippen LogP contribution in [0.25, 0.3) is 10.9 Å². The Hall–Kier alpha value is -1.98. The molecule has 0 unspecified atom stereocenters. The van der Waals surface area contributed by atoms with Crippen molar-refractivity contribution >= 4 is 16.7 Å². The Morgan fingerprint density at radius 2 is 2.00 bits per heavy atom. The third kappa shape index (κ3) is 3.53. The van der Waals surface area contributed by atoms with E-state index >= 15 is 0 Å². The standard InChI is InChI=1S/C14H15F3N2O/c1-3-18-13-9(2)6-10-7-11(4-5-12(10)19-13)20-8-14(15,16)17/h4-7H,3,8H2,1-2H3,(H,18,19). The van der Waals surface area contributed by atoms with E-state index in [9.17, 15) is 13.2 Å². The summed E-state index contributed by atoms with van der Waals surface area (Å²) in [7, 11) is 0. The molecule has 0 spiro atoms. The molecular formula is C14H15F3N2O. The summed E-state index contributed by atoms with van der Waals surface area (Å²) >= 11 is 0. The number of halogens is 3. The fourth-order valence-corrected chi connectivity index (χ4v) is 1.86. The van der Waals surface area contributed by atoms with Crippen molar-refractivity contribution in [2.45, 2.75) is 20.0 Å². The lowest BCUT2D eigenvalue weighted by Crippen LogP contribution is -2.19. The van der Waals surface area contributed by atoms with Crippen LogP contribution in [0, 0.1) is 6.92 Å². The summed E-state index contributed by atoms with van der Waals surface area (Å²) in [5, 5.41) is 3.89. The Morgan fingerprint density at radius 1 is 1.25 bits per heavy atom. The van der Waals surface area contributed by atoms with Gasteiger partial charge in [0.1, 0.15) is 11.6 Å². The second-order valence-electron chi connectivity index (χ2n) is 4.44. The zero-order valence-corrected chi connectivity index (χ0v) is 11.2. The number of rotatable bonds is 4. The number of anilines is 1. The molecule has 0 saturated carbocycles. The number of hydrogen-bond acceptors (Lipinski definition) is 3. The van der Waals surface area contributed by atoms with E-state index in [2.05, 4.69) is 10.3 Å². The summed E-state index contributed by atoms with van der Waals surface area (Å²) in [6.45, 7) is 3.33. The lowest BCUT2D eigenvalue weighted by Gasteiger charge is -2.11. The van der Waals surface area contributed by atoms with Gasteiger partial charge in [0, 0.05) is 11.9 Å². The summed E-state index contributed by atoms with van der Waals surface area (Å²) in [6.07, 6.45) is -4.34. The van der Waals surface area contributed by atoms with E-state index in [4.69, 9.17) is 4.74 Å². The fraction of sp³-hybridized carbons (Fsp3) is 0.357. The second kappa shape index (κ2) is 5.56. The predicted octanol–water partition coefficient (Wildman–Crippen LogP) is 3.92. The lowest BCUT2D eigenvalue weighted by atomic mass is 10.1. The van der Waals surface area contributed by atoms with E-state index in [0.717, 1.165) is 23.3 Å². The smallest absolute Gasteiger partial charge is 0.422 e. The first-order valence-electron chi connectivity index (χ1n) is 6.24. The van der Waals surface area contributed by atoms with Crippen LogP contribution in [0.2, 0.25) is 0 Å². The minimum absolute atomic E-state index is 0.187. The van der Waals surface area contributed by atoms with Crippen LogP contribution in [-0.2, 0) is 0 Å². The molecular weight excluding hydrogens is 269 g/mol. The van der Waals surface area contributed by atoms with Gasteiger partial charge in [-0.25, -0.2) is 4.98 Å². The number of nitrogens with one attached hydrogen (secondary N) is 1. The monoisotopic (exact) mass is 284 g/mol. The molecule has 20 heavy (non-hydrogen) atoms. The number of fused-ring (bicyclic) bond motifs is 1. The van der Waals surface area contributed by atoms with Crippen LogP contribution < -0.4 is 10.1 Å². The second-order valence-corrected chi connectivity index (χ2v) is 4.44. The molecule has 0 fully saturated rings. The molecule has 0 atom stereocenters. The van der Waals surface area contributed by atoms with Crippen LogP contribution >= 0.6 is 0 Å². The lowest BCUT2D eigenvalue weighted by molar-refractivity contribution is -0.153. The summed E-state index contributed by atoms with van der Waals surface area (Å²) < 4.78 is 41.1. The maximum Gasteiger partial charge on any atom is 0.422 e. The van der Waals surface area contributed by atoms with Crippen molar-refractivity contribution < 1.29 is 17.9 Å². The van der Waals surface area contributed by atoms with Crippen LogP contribution in [0.5, 0.6) is 5.75 Å². The quantitative estimate of drug-likeness (QED) is 0.924. The van der Waals surface area contributed by atoms with Gasteiger partial charge in [-0.15, -0.1) is 0 Å². The minimum atomic E-state index is -4.34. The van der Waals surface area contributed by atoms with Crippen LogP contribution in [-0.4, -0.2) is 24.3 Å². The summed E-state index contributed by atoms with van der Waals surface area (Å²) in [6, 6.07) is 6.59. The molecule has 0 aliphatic carbocycles. The van der Waals surface area contributed by atoms with Gasteiger partial charge >= 0.3 is 6.18 Å². The third-order valence-corrected chi connectivity index (χ3v) is 2.72. The SMILES string of the molecule is CCNc1nc2ccc(OCC(F)(F)F)cc2cc1C. The maximum absolute atomic E-state index is 12.1. The van der Waals surface area contributed by atoms with Gasteiger partial charge in [0.2, 0.25) is 0 Å². The molecule has 3 nitrogen and oxygen atoms in total. The normalized spacial score (nSPS) is 11.7. The topological polar surface area (TPSA) is 34.2 Å². The maximum atomic E-state index is 12.1. The van der Waals surface area contributed by atoms with Crippen molar-refractivity contribution in [3.05, 3.63) is 29.8 Å². The average molecular weight is 284 g/mol. The average Bonchev–Trinajstić information content (AvgIpc) is 2.36. The van der Waals surface area contributed by atoms with E-state index in [1.165, 1.54) is 6.07 Å². The molecule has 1 aromatic heterocycles. The van der Waals surface area contributed by atoms with E-state index < -0.39 is 12.8 Å². The zero-order chi connectivity index (χ0) is 14.8. The number of ether oxygens (including phenoxy) is 1. The van der Waals surface area contributed by atoms with Crippen molar-refractivity contribution in [1.82, 2.24) is 4.98 Å². The first kappa shape index (κ1) is 14.4. The number of aromatic nitrogens is 1. The van der Waals surface area contributed by atoms with Crippen molar-refractivity contribution in [2.75, 3.05) is 18.5 Å². The highest BCUT2D eigenvalue weighted by molar-refractivity contribution is 5.83. The highest BCUT2D eigenvalue weighted by atomic mass is 19.4. The number of nitrogens with zero attached hydrogens (tertiary/aromatic N) is 1. The van der Waals surface area contributed by atoms with E-state index in [1.807, 2.05) is 19.9 Å². The van der Waals surface area contributed by atoms with E-state index in [-0.39, 0.29) is 5.75 Å².